The second-order valence-corrected chi connectivity index (χ2v) is 4.15. The maximum atomic E-state index is 5.95. The molecular formula is C13H19N. The number of nitrogens with two attached hydrogens (primary N) is 1. The van der Waals surface area contributed by atoms with Crippen LogP contribution in [0.3, 0.4) is 0 Å². The molecule has 1 unspecified atom stereocenters. The standard InChI is InChI=1S/C13H19N/c1-9(2)13(14)8-12-6-10(3)5-11(4)7-12/h5-7,13H,1,8,14H2,2-4H3. The van der Waals surface area contributed by atoms with Crippen LogP contribution in [0.1, 0.15) is 23.6 Å². The molecule has 0 bridgehead atoms. The molecule has 0 spiro atoms. The Morgan fingerprint density at radius 2 is 1.79 bits per heavy atom. The molecule has 0 aliphatic heterocycles. The summed E-state index contributed by atoms with van der Waals surface area (Å²) in [4.78, 5) is 0. The van der Waals surface area contributed by atoms with Gasteiger partial charge in [-0.1, -0.05) is 41.5 Å². The summed E-state index contributed by atoms with van der Waals surface area (Å²) in [6.07, 6.45) is 0.887. The molecule has 1 heteroatoms. The topological polar surface area (TPSA) is 26.0 Å². The van der Waals surface area contributed by atoms with E-state index in [1.54, 1.807) is 0 Å². The molecule has 0 aromatic heterocycles. The quantitative estimate of drug-likeness (QED) is 0.727. The average molecular weight is 189 g/mol. The normalized spacial score (nSPS) is 12.6. The number of hydrogen-bond donors (Lipinski definition) is 1. The molecule has 1 rings (SSSR count). The van der Waals surface area contributed by atoms with E-state index in [4.69, 9.17) is 5.73 Å². The van der Waals surface area contributed by atoms with Gasteiger partial charge in [0.2, 0.25) is 0 Å². The minimum atomic E-state index is 0.0798. The zero-order valence-corrected chi connectivity index (χ0v) is 9.30. The number of hydrogen-bond acceptors (Lipinski definition) is 1. The molecule has 0 saturated heterocycles. The van der Waals surface area contributed by atoms with Crippen LogP contribution in [-0.4, -0.2) is 6.04 Å². The molecule has 1 aromatic carbocycles. The highest BCUT2D eigenvalue weighted by Crippen LogP contribution is 2.12. The van der Waals surface area contributed by atoms with E-state index in [-0.39, 0.29) is 6.04 Å². The van der Waals surface area contributed by atoms with Crippen molar-refractivity contribution in [2.45, 2.75) is 33.2 Å². The van der Waals surface area contributed by atoms with Crippen LogP contribution in [-0.2, 0) is 6.42 Å². The maximum absolute atomic E-state index is 5.95. The predicted octanol–water partition coefficient (Wildman–Crippen LogP) is 2.75. The monoisotopic (exact) mass is 189 g/mol. The highest BCUT2D eigenvalue weighted by Gasteiger charge is 2.04. The Balaban J connectivity index is 2.81. The van der Waals surface area contributed by atoms with Crippen molar-refractivity contribution in [1.82, 2.24) is 0 Å². The van der Waals surface area contributed by atoms with Gasteiger partial charge in [-0.25, -0.2) is 0 Å². The van der Waals surface area contributed by atoms with Gasteiger partial charge in [-0.3, -0.25) is 0 Å². The SMILES string of the molecule is C=C(C)C(N)Cc1cc(C)cc(C)c1. The fourth-order valence-corrected chi connectivity index (χ4v) is 1.61. The Hall–Kier alpha value is -1.08. The molecule has 2 N–H and O–H groups in total. The van der Waals surface area contributed by atoms with Gasteiger partial charge in [0.25, 0.3) is 0 Å². The molecule has 1 nitrogen and oxygen atoms in total. The van der Waals surface area contributed by atoms with Gasteiger partial charge in [-0.05, 0) is 32.8 Å². The van der Waals surface area contributed by atoms with Crippen LogP contribution in [0.5, 0.6) is 0 Å². The summed E-state index contributed by atoms with van der Waals surface area (Å²) in [5, 5.41) is 0. The molecule has 1 atom stereocenters. The van der Waals surface area contributed by atoms with E-state index in [0.717, 1.165) is 12.0 Å². The van der Waals surface area contributed by atoms with E-state index in [1.807, 2.05) is 6.92 Å². The Morgan fingerprint density at radius 1 is 1.29 bits per heavy atom. The summed E-state index contributed by atoms with van der Waals surface area (Å²) in [7, 11) is 0. The molecule has 0 aliphatic rings. The van der Waals surface area contributed by atoms with Crippen molar-refractivity contribution < 1.29 is 0 Å². The van der Waals surface area contributed by atoms with Gasteiger partial charge in [-0.15, -0.1) is 0 Å². The summed E-state index contributed by atoms with van der Waals surface area (Å²) in [5.41, 5.74) is 10.9. The Labute approximate surface area is 86.6 Å². The van der Waals surface area contributed by atoms with Gasteiger partial charge < -0.3 is 5.73 Å². The second-order valence-electron chi connectivity index (χ2n) is 4.15. The highest BCUT2D eigenvalue weighted by atomic mass is 14.6. The lowest BCUT2D eigenvalue weighted by atomic mass is 9.99. The van der Waals surface area contributed by atoms with Gasteiger partial charge in [0.05, 0.1) is 0 Å². The number of rotatable bonds is 3. The van der Waals surface area contributed by atoms with Crippen LogP contribution < -0.4 is 5.73 Å². The van der Waals surface area contributed by atoms with Crippen molar-refractivity contribution in [2.24, 2.45) is 5.73 Å². The van der Waals surface area contributed by atoms with Gasteiger partial charge in [-0.2, -0.15) is 0 Å². The van der Waals surface area contributed by atoms with E-state index in [1.165, 1.54) is 16.7 Å². The zero-order valence-electron chi connectivity index (χ0n) is 9.30. The lowest BCUT2D eigenvalue weighted by Gasteiger charge is -2.12. The van der Waals surface area contributed by atoms with Crippen molar-refractivity contribution in [2.75, 3.05) is 0 Å². The van der Waals surface area contributed by atoms with Crippen LogP contribution in [0.4, 0.5) is 0 Å². The number of aryl methyl sites for hydroxylation is 2. The van der Waals surface area contributed by atoms with E-state index >= 15 is 0 Å². The minimum Gasteiger partial charge on any atom is -0.324 e. The summed E-state index contributed by atoms with van der Waals surface area (Å²) in [6, 6.07) is 6.64. The summed E-state index contributed by atoms with van der Waals surface area (Å²) in [5.74, 6) is 0. The molecule has 0 saturated carbocycles. The van der Waals surface area contributed by atoms with Crippen LogP contribution in [0.15, 0.2) is 30.4 Å². The van der Waals surface area contributed by atoms with Crippen molar-refractivity contribution in [1.29, 1.82) is 0 Å². The Bertz CT molecular complexity index is 319. The fraction of sp³-hybridized carbons (Fsp3) is 0.385. The van der Waals surface area contributed by atoms with Crippen LogP contribution in [0, 0.1) is 13.8 Å². The molecular weight excluding hydrogens is 170 g/mol. The second kappa shape index (κ2) is 4.43. The largest absolute Gasteiger partial charge is 0.324 e. The predicted molar refractivity (Wildman–Crippen MR) is 62.4 cm³/mol. The summed E-state index contributed by atoms with van der Waals surface area (Å²) in [6.45, 7) is 10.1. The molecule has 0 radical (unpaired) electrons. The smallest absolute Gasteiger partial charge is 0.0289 e. The van der Waals surface area contributed by atoms with Crippen LogP contribution >= 0.6 is 0 Å². The first-order chi connectivity index (χ1) is 6.49. The minimum absolute atomic E-state index is 0.0798. The first-order valence-corrected chi connectivity index (χ1v) is 4.97. The van der Waals surface area contributed by atoms with Crippen LogP contribution in [0.25, 0.3) is 0 Å². The first kappa shape index (κ1) is 11.0. The zero-order chi connectivity index (χ0) is 10.7. The van der Waals surface area contributed by atoms with Crippen molar-refractivity contribution >= 4 is 0 Å². The van der Waals surface area contributed by atoms with Crippen molar-refractivity contribution in [3.63, 3.8) is 0 Å². The highest BCUT2D eigenvalue weighted by molar-refractivity contribution is 5.29. The maximum Gasteiger partial charge on any atom is 0.0289 e. The van der Waals surface area contributed by atoms with E-state index in [2.05, 4.69) is 38.6 Å². The van der Waals surface area contributed by atoms with Crippen LogP contribution in [0.2, 0.25) is 0 Å². The molecule has 14 heavy (non-hydrogen) atoms. The third-order valence-corrected chi connectivity index (χ3v) is 2.37. The molecule has 1 aromatic rings. The fourth-order valence-electron chi connectivity index (χ4n) is 1.61. The number of benzene rings is 1. The Kier molecular flexibility index (Phi) is 3.48. The molecule has 0 heterocycles. The van der Waals surface area contributed by atoms with Gasteiger partial charge in [0.1, 0.15) is 0 Å². The van der Waals surface area contributed by atoms with Gasteiger partial charge >= 0.3 is 0 Å². The van der Waals surface area contributed by atoms with Crippen molar-refractivity contribution in [3.05, 3.63) is 47.0 Å². The van der Waals surface area contributed by atoms with E-state index in [9.17, 15) is 0 Å². The van der Waals surface area contributed by atoms with Gasteiger partial charge in [0.15, 0.2) is 0 Å². The summed E-state index contributed by atoms with van der Waals surface area (Å²) < 4.78 is 0. The molecule has 0 aliphatic carbocycles. The third-order valence-electron chi connectivity index (χ3n) is 2.37. The summed E-state index contributed by atoms with van der Waals surface area (Å²) >= 11 is 0. The van der Waals surface area contributed by atoms with Crippen molar-refractivity contribution in [3.8, 4) is 0 Å². The lowest BCUT2D eigenvalue weighted by Crippen LogP contribution is -2.23. The third kappa shape index (κ3) is 3.00. The van der Waals surface area contributed by atoms with E-state index < -0.39 is 0 Å². The lowest BCUT2D eigenvalue weighted by molar-refractivity contribution is 0.765. The molecule has 76 valence electrons. The van der Waals surface area contributed by atoms with E-state index in [0.29, 0.717) is 0 Å². The first-order valence-electron chi connectivity index (χ1n) is 4.97. The average Bonchev–Trinajstić information content (AvgIpc) is 2.01. The molecule has 0 amide bonds. The van der Waals surface area contributed by atoms with Gasteiger partial charge in [0, 0.05) is 6.04 Å². The Morgan fingerprint density at radius 3 is 2.21 bits per heavy atom. The molecule has 0 fully saturated rings.